The fourth-order valence-electron chi connectivity index (χ4n) is 0. The van der Waals surface area contributed by atoms with E-state index in [-0.39, 0.29) is 0 Å². The summed E-state index contributed by atoms with van der Waals surface area (Å²) in [4.78, 5) is 8.96. The van der Waals surface area contributed by atoms with Crippen molar-refractivity contribution in [3.8, 4) is 0 Å². The molecule has 0 atom stereocenters. The number of carboxylic acid groups (broad SMARTS) is 1. The van der Waals surface area contributed by atoms with Crippen LogP contribution in [0.15, 0.2) is 0 Å². The van der Waals surface area contributed by atoms with Crippen LogP contribution in [0.3, 0.4) is 0 Å². The van der Waals surface area contributed by atoms with Crippen molar-refractivity contribution in [2.75, 3.05) is 0 Å². The summed E-state index contributed by atoms with van der Waals surface area (Å²) in [5.41, 5.74) is 0. The molecule has 0 unspecified atom stereocenters. The molecule has 0 heterocycles. The molecule has 3 heteroatoms. The molecule has 29 valence electrons. The van der Waals surface area contributed by atoms with Crippen LogP contribution in [-0.2, 0) is 0 Å². The number of hydrogen-bond donors (Lipinski definition) is 1. The van der Waals surface area contributed by atoms with Crippen molar-refractivity contribution < 1.29 is 45.3 Å². The summed E-state index contributed by atoms with van der Waals surface area (Å²) in [6, 6.07) is 0. The second-order valence-electron chi connectivity index (χ2n) is 0.215. The quantitative estimate of drug-likeness (QED) is 0.623. The van der Waals surface area contributed by atoms with E-state index in [1.165, 1.54) is 0 Å². The van der Waals surface area contributed by atoms with Crippen molar-refractivity contribution >= 4 is 2.13 Å². The molecule has 4 heavy (non-hydrogen) atoms. The van der Waals surface area contributed by atoms with Gasteiger partial charge in [-0.1, -0.05) is 0 Å². The normalized spacial score (nSPS) is 6.50. The van der Waals surface area contributed by atoms with Gasteiger partial charge in [-0.3, -0.25) is 0 Å². The zero-order valence-corrected chi connectivity index (χ0v) is 3.50. The molecule has 0 amide bonds. The van der Waals surface area contributed by atoms with Crippen LogP contribution in [0.25, 0.3) is 0 Å². The van der Waals surface area contributed by atoms with Gasteiger partial charge in [-0.25, -0.2) is 0 Å². The first-order valence-corrected chi connectivity index (χ1v) is 1.50. The van der Waals surface area contributed by atoms with Gasteiger partial charge >= 0.3 is 47.4 Å². The second kappa shape index (κ2) is 1.99. The first-order valence-electron chi connectivity index (χ1n) is 0.572. The first-order chi connectivity index (χ1) is 1.73. The third kappa shape index (κ3) is 15.6. The Kier molecular flexibility index (Phi) is 2.34. The van der Waals surface area contributed by atoms with E-state index in [4.69, 9.17) is 9.90 Å². The van der Waals surface area contributed by atoms with Gasteiger partial charge in [-0.15, -0.1) is 0 Å². The van der Waals surface area contributed by atoms with Gasteiger partial charge in [-0.2, -0.15) is 0 Å². The molecular weight excluding hydrogens is 211 g/mol. The Morgan fingerprint density at radius 3 is 2.00 bits per heavy atom. The van der Waals surface area contributed by atoms with Crippen LogP contribution in [0.4, 0.5) is 4.79 Å². The van der Waals surface area contributed by atoms with Crippen molar-refractivity contribution in [1.29, 1.82) is 0 Å². The van der Waals surface area contributed by atoms with E-state index >= 15 is 0 Å². The maximum atomic E-state index is 8.96. The van der Waals surface area contributed by atoms with Crippen molar-refractivity contribution in [2.45, 2.75) is 0 Å². The molecule has 0 rings (SSSR count). The summed E-state index contributed by atoms with van der Waals surface area (Å²) in [5, 5.41) is 7.38. The molecule has 0 fully saturated rings. The summed E-state index contributed by atoms with van der Waals surface area (Å²) in [5.74, 6) is 0. The number of hydrogen-bond acceptors (Lipinski definition) is 1. The van der Waals surface area contributed by atoms with Crippen LogP contribution < -0.4 is 0 Å². The summed E-state index contributed by atoms with van der Waals surface area (Å²) in [6.45, 7) is 0. The topological polar surface area (TPSA) is 37.3 Å². The van der Waals surface area contributed by atoms with E-state index in [2.05, 4.69) is 0 Å². The van der Waals surface area contributed by atoms with Crippen molar-refractivity contribution in [3.05, 3.63) is 0 Å². The third-order valence-electron chi connectivity index (χ3n) is 0. The molecule has 2 nitrogen and oxygen atoms in total. The Balaban J connectivity index is 2.80. The Hall–Kier alpha value is 0.717. The van der Waals surface area contributed by atoms with Gasteiger partial charge in [0, 0.05) is 0 Å². The van der Waals surface area contributed by atoms with E-state index in [0.717, 1.165) is 0 Å². The van der Waals surface area contributed by atoms with E-state index in [1.54, 1.807) is 35.4 Å². The number of carbonyl (C=O) groups is 1. The minimum atomic E-state index is -0.917. The van der Waals surface area contributed by atoms with Gasteiger partial charge < -0.3 is 0 Å². The van der Waals surface area contributed by atoms with Crippen molar-refractivity contribution in [1.82, 2.24) is 0 Å². The Morgan fingerprint density at radius 2 is 2.00 bits per heavy atom. The second-order valence-corrected chi connectivity index (χ2v) is 1.01. The van der Waals surface area contributed by atoms with Gasteiger partial charge in [0.05, 0.1) is 0 Å². The summed E-state index contributed by atoms with van der Waals surface area (Å²) in [7, 11) is 0. The summed E-state index contributed by atoms with van der Waals surface area (Å²) < 4.78 is -0.917. The van der Waals surface area contributed by atoms with E-state index < -0.39 is 2.13 Å². The molecule has 0 bridgehead atoms. The molecule has 0 aliphatic heterocycles. The molecule has 0 aliphatic carbocycles. The van der Waals surface area contributed by atoms with Gasteiger partial charge in [0.1, 0.15) is 0 Å². The molecule has 0 aliphatic rings. The predicted molar refractivity (Wildman–Crippen MR) is 8.02 cm³/mol. The fourth-order valence-corrected chi connectivity index (χ4v) is 0. The Bertz CT molecular complexity index is 29.0. The standard InChI is InChI=1S/CHO2.Er/c2-1-3;/h(H,2,3);. The zero-order chi connectivity index (χ0) is 3.58. The molecule has 0 aromatic heterocycles. The van der Waals surface area contributed by atoms with Crippen LogP contribution in [0, 0.1) is 35.4 Å². The van der Waals surface area contributed by atoms with Crippen LogP contribution >= 0.6 is 0 Å². The molecule has 1 N–H and O–H groups in total. The zero-order valence-electron chi connectivity index (χ0n) is 1.64. The summed E-state index contributed by atoms with van der Waals surface area (Å²) in [6.07, 6.45) is 0. The molecule has 0 spiro atoms. The van der Waals surface area contributed by atoms with E-state index in [9.17, 15) is 0 Å². The van der Waals surface area contributed by atoms with Crippen LogP contribution in [0.1, 0.15) is 0 Å². The fraction of sp³-hybridized carbons (Fsp3) is 0. The maximum absolute atomic E-state index is 8.96. The molecule has 0 radical (unpaired) electrons. The predicted octanol–water partition coefficient (Wildman–Crippen LogP) is 0.214. The Labute approximate surface area is 47.1 Å². The molecule has 0 saturated heterocycles. The Morgan fingerprint density at radius 1 is 2.00 bits per heavy atom. The average Bonchev–Trinajstić information content (AvgIpc) is 0.811. The minimum absolute atomic E-state index is 0.917. The van der Waals surface area contributed by atoms with Gasteiger partial charge in [-0.05, 0) is 0 Å². The van der Waals surface area contributed by atoms with Crippen LogP contribution in [-0.4, -0.2) is 7.23 Å². The SMILES string of the molecule is O=[C](O)[Er]. The molecule has 0 saturated carbocycles. The summed E-state index contributed by atoms with van der Waals surface area (Å²) >= 11 is 1.57. The van der Waals surface area contributed by atoms with Gasteiger partial charge in [0.15, 0.2) is 0 Å². The van der Waals surface area contributed by atoms with Crippen molar-refractivity contribution in [3.63, 3.8) is 0 Å². The van der Waals surface area contributed by atoms with Crippen LogP contribution in [0.2, 0.25) is 0 Å². The first kappa shape index (κ1) is 4.72. The molecule has 0 aromatic carbocycles. The van der Waals surface area contributed by atoms with E-state index in [0.29, 0.717) is 0 Å². The van der Waals surface area contributed by atoms with Crippen molar-refractivity contribution in [2.24, 2.45) is 0 Å². The van der Waals surface area contributed by atoms with Gasteiger partial charge in [0.2, 0.25) is 0 Å². The average molecular weight is 212 g/mol. The van der Waals surface area contributed by atoms with E-state index in [1.807, 2.05) is 0 Å². The molecule has 0 aromatic rings. The monoisotopic (exact) mass is 211 g/mol. The van der Waals surface area contributed by atoms with Gasteiger partial charge in [0.25, 0.3) is 0 Å². The molecular formula is CHErO2. The number of rotatable bonds is 0. The third-order valence-corrected chi connectivity index (χ3v) is 0. The van der Waals surface area contributed by atoms with Crippen LogP contribution in [0.5, 0.6) is 0 Å².